The third-order valence-corrected chi connectivity index (χ3v) is 3.93. The van der Waals surface area contributed by atoms with Crippen LogP contribution < -0.4 is 5.73 Å². The number of hydrogen-bond acceptors (Lipinski definition) is 4. The molecule has 1 rings (SSSR count). The molecule has 1 fully saturated rings. The predicted octanol–water partition coefficient (Wildman–Crippen LogP) is 0.751. The van der Waals surface area contributed by atoms with Crippen LogP contribution in [-0.4, -0.2) is 54.9 Å². The Balaban J connectivity index is 2.79. The first-order valence-electron chi connectivity index (χ1n) is 7.35. The minimum Gasteiger partial charge on any atom is -0.394 e. The highest BCUT2D eigenvalue weighted by atomic mass is 16.5. The van der Waals surface area contributed by atoms with Crippen LogP contribution in [0.25, 0.3) is 0 Å². The van der Waals surface area contributed by atoms with Crippen molar-refractivity contribution >= 4 is 5.91 Å². The fraction of sp³-hybridized carbons (Fsp3) is 0.929. The van der Waals surface area contributed by atoms with Crippen LogP contribution >= 0.6 is 0 Å². The molecule has 0 radical (unpaired) electrons. The van der Waals surface area contributed by atoms with Crippen LogP contribution in [0.15, 0.2) is 0 Å². The lowest BCUT2D eigenvalue weighted by Gasteiger charge is -2.40. The van der Waals surface area contributed by atoms with E-state index in [1.165, 1.54) is 0 Å². The van der Waals surface area contributed by atoms with E-state index in [1.807, 2.05) is 4.90 Å². The van der Waals surface area contributed by atoms with Crippen molar-refractivity contribution in [2.24, 2.45) is 11.1 Å². The molecule has 1 heterocycles. The number of hydrogen-bond donors (Lipinski definition) is 2. The first-order chi connectivity index (χ1) is 9.13. The number of aliphatic hydroxyl groups is 1. The molecular formula is C14H28N2O3. The van der Waals surface area contributed by atoms with Crippen molar-refractivity contribution in [3.05, 3.63) is 0 Å². The second kappa shape index (κ2) is 7.82. The molecular weight excluding hydrogens is 244 g/mol. The first kappa shape index (κ1) is 16.4. The maximum atomic E-state index is 12.8. The molecule has 0 spiro atoms. The van der Waals surface area contributed by atoms with E-state index in [4.69, 9.17) is 15.6 Å². The van der Waals surface area contributed by atoms with Gasteiger partial charge in [-0.05, 0) is 12.8 Å². The molecule has 1 amide bonds. The molecule has 112 valence electrons. The number of nitrogens with two attached hydrogens (primary N) is 1. The molecule has 1 aliphatic rings. The van der Waals surface area contributed by atoms with E-state index in [0.29, 0.717) is 26.2 Å². The monoisotopic (exact) mass is 272 g/mol. The van der Waals surface area contributed by atoms with Gasteiger partial charge in [-0.25, -0.2) is 0 Å². The molecule has 0 aromatic heterocycles. The third kappa shape index (κ3) is 3.91. The summed E-state index contributed by atoms with van der Waals surface area (Å²) in [6.45, 7) is 6.10. The zero-order valence-corrected chi connectivity index (χ0v) is 12.2. The molecule has 1 aliphatic heterocycles. The molecule has 1 saturated heterocycles. The molecule has 3 N–H and O–H groups in total. The van der Waals surface area contributed by atoms with Crippen molar-refractivity contribution in [1.82, 2.24) is 4.90 Å². The zero-order valence-electron chi connectivity index (χ0n) is 12.2. The Bertz CT molecular complexity index is 278. The van der Waals surface area contributed by atoms with Gasteiger partial charge in [-0.2, -0.15) is 0 Å². The smallest absolute Gasteiger partial charge is 0.230 e. The SMILES string of the molecule is CCCC(CN)(CCC)C(=O)N1CCOC(CO)C1. The number of amides is 1. The molecule has 0 bridgehead atoms. The predicted molar refractivity (Wildman–Crippen MR) is 74.7 cm³/mol. The van der Waals surface area contributed by atoms with E-state index < -0.39 is 5.41 Å². The normalized spacial score (nSPS) is 20.6. The Hall–Kier alpha value is -0.650. The summed E-state index contributed by atoms with van der Waals surface area (Å²) < 4.78 is 5.40. The van der Waals surface area contributed by atoms with Crippen molar-refractivity contribution < 1.29 is 14.6 Å². The molecule has 0 saturated carbocycles. The van der Waals surface area contributed by atoms with E-state index >= 15 is 0 Å². The Kier molecular flexibility index (Phi) is 6.75. The summed E-state index contributed by atoms with van der Waals surface area (Å²) in [5, 5.41) is 9.17. The highest BCUT2D eigenvalue weighted by molar-refractivity contribution is 5.83. The van der Waals surface area contributed by atoms with E-state index in [9.17, 15) is 4.79 Å². The summed E-state index contributed by atoms with van der Waals surface area (Å²) in [6.07, 6.45) is 3.32. The fourth-order valence-corrected chi connectivity index (χ4v) is 2.94. The third-order valence-electron chi connectivity index (χ3n) is 3.93. The lowest BCUT2D eigenvalue weighted by molar-refractivity contribution is -0.151. The molecule has 5 nitrogen and oxygen atoms in total. The van der Waals surface area contributed by atoms with E-state index in [2.05, 4.69) is 13.8 Å². The summed E-state index contributed by atoms with van der Waals surface area (Å²) in [5.41, 5.74) is 5.50. The Morgan fingerprint density at radius 2 is 2.05 bits per heavy atom. The lowest BCUT2D eigenvalue weighted by atomic mass is 9.77. The standard InChI is InChI=1S/C14H28N2O3/c1-3-5-14(11-15,6-4-2)13(18)16-7-8-19-12(9-16)10-17/h12,17H,3-11,15H2,1-2H3. The number of rotatable bonds is 7. The average Bonchev–Trinajstić information content (AvgIpc) is 2.46. The van der Waals surface area contributed by atoms with E-state index in [-0.39, 0.29) is 18.6 Å². The summed E-state index contributed by atoms with van der Waals surface area (Å²) in [6, 6.07) is 0. The zero-order chi connectivity index (χ0) is 14.3. The second-order valence-corrected chi connectivity index (χ2v) is 5.41. The Morgan fingerprint density at radius 3 is 2.53 bits per heavy atom. The number of carbonyl (C=O) groups is 1. The van der Waals surface area contributed by atoms with Gasteiger partial charge in [0.15, 0.2) is 0 Å². The Morgan fingerprint density at radius 1 is 1.42 bits per heavy atom. The van der Waals surface area contributed by atoms with Gasteiger partial charge in [-0.15, -0.1) is 0 Å². The van der Waals surface area contributed by atoms with Gasteiger partial charge in [-0.1, -0.05) is 26.7 Å². The van der Waals surface area contributed by atoms with Crippen molar-refractivity contribution in [3.63, 3.8) is 0 Å². The topological polar surface area (TPSA) is 75.8 Å². The number of nitrogens with zero attached hydrogens (tertiary/aromatic N) is 1. The quantitative estimate of drug-likeness (QED) is 0.717. The molecule has 1 unspecified atom stereocenters. The molecule has 0 aliphatic carbocycles. The van der Waals surface area contributed by atoms with Crippen LogP contribution in [-0.2, 0) is 9.53 Å². The van der Waals surface area contributed by atoms with Crippen LogP contribution in [0.1, 0.15) is 39.5 Å². The van der Waals surface area contributed by atoms with Gasteiger partial charge in [0.25, 0.3) is 0 Å². The average molecular weight is 272 g/mol. The molecule has 19 heavy (non-hydrogen) atoms. The van der Waals surface area contributed by atoms with Crippen molar-refractivity contribution in [2.45, 2.75) is 45.6 Å². The highest BCUT2D eigenvalue weighted by Crippen LogP contribution is 2.31. The number of aliphatic hydroxyl groups excluding tert-OH is 1. The van der Waals surface area contributed by atoms with Gasteiger partial charge in [0.1, 0.15) is 0 Å². The fourth-order valence-electron chi connectivity index (χ4n) is 2.94. The highest BCUT2D eigenvalue weighted by Gasteiger charge is 2.39. The molecule has 5 heteroatoms. The van der Waals surface area contributed by atoms with E-state index in [1.54, 1.807) is 0 Å². The number of carbonyl (C=O) groups excluding carboxylic acids is 1. The van der Waals surface area contributed by atoms with Gasteiger partial charge in [0, 0.05) is 19.6 Å². The maximum Gasteiger partial charge on any atom is 0.230 e. The van der Waals surface area contributed by atoms with Gasteiger partial charge in [-0.3, -0.25) is 4.79 Å². The van der Waals surface area contributed by atoms with Crippen molar-refractivity contribution in [1.29, 1.82) is 0 Å². The van der Waals surface area contributed by atoms with Crippen LogP contribution in [0.3, 0.4) is 0 Å². The van der Waals surface area contributed by atoms with Crippen LogP contribution in [0, 0.1) is 5.41 Å². The summed E-state index contributed by atoms with van der Waals surface area (Å²) in [4.78, 5) is 14.6. The minimum absolute atomic E-state index is 0.0407. The number of ether oxygens (including phenoxy) is 1. The van der Waals surface area contributed by atoms with E-state index in [0.717, 1.165) is 25.7 Å². The van der Waals surface area contributed by atoms with Crippen molar-refractivity contribution in [3.8, 4) is 0 Å². The minimum atomic E-state index is -0.430. The van der Waals surface area contributed by atoms with Crippen LogP contribution in [0.5, 0.6) is 0 Å². The number of morpholine rings is 1. The first-order valence-corrected chi connectivity index (χ1v) is 7.35. The lowest BCUT2D eigenvalue weighted by Crippen LogP contribution is -2.54. The summed E-state index contributed by atoms with van der Waals surface area (Å²) >= 11 is 0. The summed E-state index contributed by atoms with van der Waals surface area (Å²) in [7, 11) is 0. The molecule has 1 atom stereocenters. The van der Waals surface area contributed by atoms with Crippen LogP contribution in [0.2, 0.25) is 0 Å². The van der Waals surface area contributed by atoms with Gasteiger partial charge < -0.3 is 20.5 Å². The van der Waals surface area contributed by atoms with Crippen LogP contribution in [0.4, 0.5) is 0 Å². The largest absolute Gasteiger partial charge is 0.394 e. The van der Waals surface area contributed by atoms with Gasteiger partial charge >= 0.3 is 0 Å². The van der Waals surface area contributed by atoms with Gasteiger partial charge in [0.05, 0.1) is 24.7 Å². The summed E-state index contributed by atoms with van der Waals surface area (Å²) in [5.74, 6) is 0.139. The van der Waals surface area contributed by atoms with Gasteiger partial charge in [0.2, 0.25) is 5.91 Å². The molecule has 0 aromatic carbocycles. The second-order valence-electron chi connectivity index (χ2n) is 5.41. The Labute approximate surface area is 116 Å². The van der Waals surface area contributed by atoms with Crippen molar-refractivity contribution in [2.75, 3.05) is 32.8 Å². The maximum absolute atomic E-state index is 12.8. The molecule has 0 aromatic rings.